The van der Waals surface area contributed by atoms with Crippen LogP contribution < -0.4 is 16.1 Å². The van der Waals surface area contributed by atoms with Crippen molar-refractivity contribution in [3.8, 4) is 0 Å². The zero-order valence-corrected chi connectivity index (χ0v) is 16.2. The molecule has 5 nitrogen and oxygen atoms in total. The van der Waals surface area contributed by atoms with Crippen molar-refractivity contribution >= 4 is 29.2 Å². The van der Waals surface area contributed by atoms with Gasteiger partial charge < -0.3 is 10.6 Å². The molecule has 0 unspecified atom stereocenters. The molecule has 0 aromatic heterocycles. The maximum absolute atomic E-state index is 13.8. The third-order valence-electron chi connectivity index (χ3n) is 4.67. The summed E-state index contributed by atoms with van der Waals surface area (Å²) in [5.74, 6) is -0.127. The molecule has 1 aliphatic heterocycles. The third-order valence-corrected chi connectivity index (χ3v) is 4.77. The molecule has 3 rings (SSSR count). The largest absolute Gasteiger partial charge is 0.375 e. The first-order valence-electron chi connectivity index (χ1n) is 8.93. The minimum atomic E-state index is -0.127. The van der Waals surface area contributed by atoms with Gasteiger partial charge in [-0.05, 0) is 48.5 Å². The van der Waals surface area contributed by atoms with Crippen molar-refractivity contribution in [1.29, 1.82) is 0 Å². The lowest BCUT2D eigenvalue weighted by Crippen LogP contribution is -2.46. The van der Waals surface area contributed by atoms with Crippen LogP contribution in [0.5, 0.6) is 0 Å². The van der Waals surface area contributed by atoms with Crippen molar-refractivity contribution in [1.82, 2.24) is 10.3 Å². The molecule has 1 heterocycles. The molecule has 2 aromatic carbocycles. The predicted octanol–water partition coefficient (Wildman–Crippen LogP) is 2.62. The Kier molecular flexibility index (Phi) is 6.36. The smallest absolute Gasteiger partial charge is 0.184 e. The fraction of sp³-hybridized carbons (Fsp3) is 0.300. The van der Waals surface area contributed by atoms with Crippen LogP contribution in [0, 0.1) is 12.7 Å². The Morgan fingerprint density at radius 2 is 1.96 bits per heavy atom. The van der Waals surface area contributed by atoms with Crippen LogP contribution in [-0.2, 0) is 6.54 Å². The fourth-order valence-corrected chi connectivity index (χ4v) is 3.35. The van der Waals surface area contributed by atoms with Crippen LogP contribution in [0.15, 0.2) is 47.6 Å². The highest BCUT2D eigenvalue weighted by molar-refractivity contribution is 7.80. The second-order valence-electron chi connectivity index (χ2n) is 6.63. The molecule has 0 spiro atoms. The maximum atomic E-state index is 13.8. The number of hydrogen-bond donors (Lipinski definition) is 2. The second-order valence-corrected chi connectivity index (χ2v) is 7.07. The highest BCUT2D eigenvalue weighted by atomic mass is 32.1. The van der Waals surface area contributed by atoms with Gasteiger partial charge >= 0.3 is 0 Å². The number of hydrogen-bond acceptors (Lipinski definition) is 4. The van der Waals surface area contributed by atoms with Crippen molar-refractivity contribution < 1.29 is 4.39 Å². The summed E-state index contributed by atoms with van der Waals surface area (Å²) in [5, 5.41) is 4.14. The van der Waals surface area contributed by atoms with Crippen molar-refractivity contribution in [3.05, 3.63) is 65.0 Å². The Bertz CT molecular complexity index is 831. The lowest BCUT2D eigenvalue weighted by molar-refractivity contribution is 0.246. The average molecular weight is 386 g/mol. The summed E-state index contributed by atoms with van der Waals surface area (Å²) >= 11 is 4.72. The van der Waals surface area contributed by atoms with Crippen molar-refractivity contribution in [3.63, 3.8) is 0 Å². The number of hydrazone groups is 1. The van der Waals surface area contributed by atoms with Gasteiger partial charge in [0.05, 0.1) is 6.21 Å². The zero-order chi connectivity index (χ0) is 19.2. The normalized spacial score (nSPS) is 15.3. The predicted molar refractivity (Wildman–Crippen MR) is 113 cm³/mol. The number of thiocarbonyl (C=S) groups is 1. The summed E-state index contributed by atoms with van der Waals surface area (Å²) in [6.45, 7) is 6.42. The van der Waals surface area contributed by atoms with E-state index in [-0.39, 0.29) is 10.9 Å². The molecule has 1 fully saturated rings. The number of piperazine rings is 1. The van der Waals surface area contributed by atoms with Gasteiger partial charge in [0.15, 0.2) is 5.11 Å². The first-order chi connectivity index (χ1) is 13.0. The lowest BCUT2D eigenvalue weighted by Gasteiger charge is -2.37. The van der Waals surface area contributed by atoms with Crippen molar-refractivity contribution in [2.45, 2.75) is 13.5 Å². The van der Waals surface area contributed by atoms with Crippen LogP contribution in [0.25, 0.3) is 0 Å². The van der Waals surface area contributed by atoms with Gasteiger partial charge in [-0.1, -0.05) is 24.3 Å². The molecule has 0 bridgehead atoms. The van der Waals surface area contributed by atoms with E-state index >= 15 is 0 Å². The molecular formula is C20H24FN5S. The van der Waals surface area contributed by atoms with Gasteiger partial charge in [0, 0.05) is 44.0 Å². The van der Waals surface area contributed by atoms with E-state index < -0.39 is 0 Å². The molecule has 7 heteroatoms. The number of nitrogens with one attached hydrogen (secondary N) is 1. The second kappa shape index (κ2) is 8.92. The van der Waals surface area contributed by atoms with Crippen LogP contribution in [0.1, 0.15) is 16.7 Å². The number of nitrogens with zero attached hydrogens (tertiary/aromatic N) is 3. The zero-order valence-electron chi connectivity index (χ0n) is 15.4. The first-order valence-corrected chi connectivity index (χ1v) is 9.33. The van der Waals surface area contributed by atoms with Crippen molar-refractivity contribution in [2.75, 3.05) is 31.1 Å². The number of benzene rings is 2. The van der Waals surface area contributed by atoms with Gasteiger partial charge in [-0.2, -0.15) is 5.10 Å². The lowest BCUT2D eigenvalue weighted by atomic mass is 10.1. The molecule has 27 heavy (non-hydrogen) atoms. The molecule has 3 N–H and O–H groups in total. The Morgan fingerprint density at radius 1 is 1.22 bits per heavy atom. The van der Waals surface area contributed by atoms with E-state index in [1.165, 1.54) is 17.3 Å². The van der Waals surface area contributed by atoms with Crippen LogP contribution in [-0.4, -0.2) is 42.4 Å². The number of rotatable bonds is 5. The minimum absolute atomic E-state index is 0.127. The van der Waals surface area contributed by atoms with E-state index in [9.17, 15) is 4.39 Å². The minimum Gasteiger partial charge on any atom is -0.375 e. The SMILES string of the molecule is Cc1cc(/C=N/NC(N)=S)ccc1N1CCN(Cc2ccccc2F)CC1. The standard InChI is InChI=1S/C20H24FN5S/c1-15-12-16(13-23-24-20(22)27)6-7-19(15)26-10-8-25(9-11-26)14-17-4-2-3-5-18(17)21/h2-7,12-13H,8-11,14H2,1H3,(H3,22,24,27)/b23-13+. The first kappa shape index (κ1) is 19.3. The number of anilines is 1. The van der Waals surface area contributed by atoms with Gasteiger partial charge in [-0.3, -0.25) is 10.3 Å². The molecule has 1 aliphatic rings. The van der Waals surface area contributed by atoms with Gasteiger partial charge in [0.2, 0.25) is 0 Å². The topological polar surface area (TPSA) is 56.9 Å². The molecule has 1 saturated heterocycles. The molecule has 0 saturated carbocycles. The van der Waals surface area contributed by atoms with Crippen molar-refractivity contribution in [2.24, 2.45) is 10.8 Å². The monoisotopic (exact) mass is 385 g/mol. The van der Waals surface area contributed by atoms with Crippen LogP contribution in [0.3, 0.4) is 0 Å². The van der Waals surface area contributed by atoms with Crippen LogP contribution >= 0.6 is 12.2 Å². The quantitative estimate of drug-likeness (QED) is 0.471. The Hall–Kier alpha value is -2.51. The molecule has 0 radical (unpaired) electrons. The van der Waals surface area contributed by atoms with Crippen LogP contribution in [0.4, 0.5) is 10.1 Å². The number of aryl methyl sites for hydroxylation is 1. The van der Waals surface area contributed by atoms with E-state index in [0.717, 1.165) is 37.3 Å². The molecule has 0 amide bonds. The van der Waals surface area contributed by atoms with E-state index in [4.69, 9.17) is 18.0 Å². The summed E-state index contributed by atoms with van der Waals surface area (Å²) in [6, 6.07) is 13.2. The Labute approximate surface area is 164 Å². The fourth-order valence-electron chi connectivity index (χ4n) is 3.30. The third kappa shape index (κ3) is 5.24. The maximum Gasteiger partial charge on any atom is 0.184 e. The van der Waals surface area contributed by atoms with E-state index in [1.54, 1.807) is 12.3 Å². The summed E-state index contributed by atoms with van der Waals surface area (Å²) < 4.78 is 13.8. The van der Waals surface area contributed by atoms with Gasteiger partial charge in [-0.25, -0.2) is 4.39 Å². The summed E-state index contributed by atoms with van der Waals surface area (Å²) in [6.07, 6.45) is 1.70. The van der Waals surface area contributed by atoms with Gasteiger partial charge in [0.1, 0.15) is 5.82 Å². The summed E-state index contributed by atoms with van der Waals surface area (Å²) in [4.78, 5) is 4.67. The van der Waals surface area contributed by atoms with E-state index in [1.807, 2.05) is 18.2 Å². The van der Waals surface area contributed by atoms with Crippen LogP contribution in [0.2, 0.25) is 0 Å². The van der Waals surface area contributed by atoms with Gasteiger partial charge in [0.25, 0.3) is 0 Å². The highest BCUT2D eigenvalue weighted by Crippen LogP contribution is 2.23. The number of nitrogens with two attached hydrogens (primary N) is 1. The van der Waals surface area contributed by atoms with E-state index in [0.29, 0.717) is 6.54 Å². The van der Waals surface area contributed by atoms with Gasteiger partial charge in [-0.15, -0.1) is 0 Å². The molecule has 2 aromatic rings. The Morgan fingerprint density at radius 3 is 2.63 bits per heavy atom. The number of halogens is 1. The van der Waals surface area contributed by atoms with E-state index in [2.05, 4.69) is 39.4 Å². The average Bonchev–Trinajstić information content (AvgIpc) is 2.64. The molecule has 0 atom stereocenters. The highest BCUT2D eigenvalue weighted by Gasteiger charge is 2.19. The molecular weight excluding hydrogens is 361 g/mol. The summed E-state index contributed by atoms with van der Waals surface area (Å²) in [7, 11) is 0. The summed E-state index contributed by atoms with van der Waals surface area (Å²) in [5.41, 5.74) is 12.1. The Balaban J connectivity index is 1.58. The molecule has 142 valence electrons. The molecule has 0 aliphatic carbocycles.